The Labute approximate surface area is 132 Å². The Kier molecular flexibility index (Phi) is 4.84. The van der Waals surface area contributed by atoms with Gasteiger partial charge in [0.1, 0.15) is 9.88 Å². The van der Waals surface area contributed by atoms with Gasteiger partial charge in [-0.05, 0) is 24.3 Å². The van der Waals surface area contributed by atoms with E-state index in [4.69, 9.17) is 29.6 Å². The van der Waals surface area contributed by atoms with Gasteiger partial charge in [0.25, 0.3) is 0 Å². The molecule has 0 radical (unpaired) electrons. The molecule has 0 atom stereocenters. The SMILES string of the molecule is NC(=S)c1ccc(Cl)c(S(=O)(=O)NCc2cccnn2)c1. The molecule has 1 heterocycles. The zero-order chi connectivity index (χ0) is 15.5. The molecule has 1 aromatic heterocycles. The summed E-state index contributed by atoms with van der Waals surface area (Å²) in [5.41, 5.74) is 6.41. The second kappa shape index (κ2) is 6.44. The minimum Gasteiger partial charge on any atom is -0.389 e. The standard InChI is InChI=1S/C12H11ClN4O2S2/c13-10-4-3-8(12(14)20)6-11(10)21(18,19)16-7-9-2-1-5-15-17-9/h1-6,16H,7H2,(H2,14,20). The average molecular weight is 343 g/mol. The maximum atomic E-state index is 12.3. The monoisotopic (exact) mass is 342 g/mol. The molecule has 110 valence electrons. The van der Waals surface area contributed by atoms with Gasteiger partial charge in [-0.2, -0.15) is 10.2 Å². The number of sulfonamides is 1. The zero-order valence-electron chi connectivity index (χ0n) is 10.7. The summed E-state index contributed by atoms with van der Waals surface area (Å²) in [6, 6.07) is 7.66. The van der Waals surface area contributed by atoms with Crippen molar-refractivity contribution < 1.29 is 8.42 Å². The predicted molar refractivity (Wildman–Crippen MR) is 83.4 cm³/mol. The van der Waals surface area contributed by atoms with Crippen LogP contribution in [-0.2, 0) is 16.6 Å². The van der Waals surface area contributed by atoms with E-state index < -0.39 is 10.0 Å². The lowest BCUT2D eigenvalue weighted by Crippen LogP contribution is -2.24. The fourth-order valence-corrected chi connectivity index (χ4v) is 3.19. The lowest BCUT2D eigenvalue weighted by atomic mass is 10.2. The van der Waals surface area contributed by atoms with Crippen molar-refractivity contribution in [1.82, 2.24) is 14.9 Å². The number of nitrogens with two attached hydrogens (primary N) is 1. The summed E-state index contributed by atoms with van der Waals surface area (Å²) < 4.78 is 26.9. The number of aromatic nitrogens is 2. The van der Waals surface area contributed by atoms with Crippen LogP contribution in [0.2, 0.25) is 5.02 Å². The van der Waals surface area contributed by atoms with E-state index in [9.17, 15) is 8.42 Å². The zero-order valence-corrected chi connectivity index (χ0v) is 13.0. The molecular formula is C12H11ClN4O2S2. The van der Waals surface area contributed by atoms with Crippen LogP contribution in [0.3, 0.4) is 0 Å². The highest BCUT2D eigenvalue weighted by Gasteiger charge is 2.19. The predicted octanol–water partition coefficient (Wildman–Crippen LogP) is 1.24. The van der Waals surface area contributed by atoms with Crippen molar-refractivity contribution >= 4 is 38.8 Å². The third kappa shape index (κ3) is 3.94. The molecule has 0 aliphatic carbocycles. The van der Waals surface area contributed by atoms with Gasteiger partial charge in [0, 0.05) is 11.8 Å². The molecule has 0 spiro atoms. The van der Waals surface area contributed by atoms with Gasteiger partial charge in [0.05, 0.1) is 17.3 Å². The molecule has 9 heteroatoms. The van der Waals surface area contributed by atoms with Gasteiger partial charge < -0.3 is 5.73 Å². The van der Waals surface area contributed by atoms with Gasteiger partial charge in [-0.1, -0.05) is 29.9 Å². The lowest BCUT2D eigenvalue weighted by molar-refractivity contribution is 0.580. The van der Waals surface area contributed by atoms with Crippen molar-refractivity contribution in [3.05, 3.63) is 52.8 Å². The minimum atomic E-state index is -3.81. The third-order valence-electron chi connectivity index (χ3n) is 2.58. The van der Waals surface area contributed by atoms with Crippen molar-refractivity contribution in [2.75, 3.05) is 0 Å². The first-order chi connectivity index (χ1) is 9.90. The van der Waals surface area contributed by atoms with Gasteiger partial charge in [0.15, 0.2) is 0 Å². The Balaban J connectivity index is 2.27. The van der Waals surface area contributed by atoms with Crippen LogP contribution in [0.4, 0.5) is 0 Å². The molecule has 21 heavy (non-hydrogen) atoms. The van der Waals surface area contributed by atoms with E-state index in [1.807, 2.05) is 0 Å². The van der Waals surface area contributed by atoms with Gasteiger partial charge >= 0.3 is 0 Å². The highest BCUT2D eigenvalue weighted by atomic mass is 35.5. The molecule has 0 unspecified atom stereocenters. The second-order valence-electron chi connectivity index (χ2n) is 4.05. The van der Waals surface area contributed by atoms with Crippen LogP contribution in [-0.4, -0.2) is 23.6 Å². The number of halogens is 1. The summed E-state index contributed by atoms with van der Waals surface area (Å²) in [5, 5.41) is 7.55. The van der Waals surface area contributed by atoms with Crippen molar-refractivity contribution in [2.45, 2.75) is 11.4 Å². The Hall–Kier alpha value is -1.61. The molecule has 0 saturated carbocycles. The van der Waals surface area contributed by atoms with E-state index in [1.54, 1.807) is 18.2 Å². The van der Waals surface area contributed by atoms with Crippen LogP contribution in [0.25, 0.3) is 0 Å². The Bertz CT molecular complexity index is 766. The quantitative estimate of drug-likeness (QED) is 0.793. The number of benzene rings is 1. The summed E-state index contributed by atoms with van der Waals surface area (Å²) in [6.07, 6.45) is 1.50. The lowest BCUT2D eigenvalue weighted by Gasteiger charge is -2.09. The normalized spacial score (nSPS) is 11.3. The Morgan fingerprint density at radius 1 is 1.38 bits per heavy atom. The summed E-state index contributed by atoms with van der Waals surface area (Å²) >= 11 is 10.8. The average Bonchev–Trinajstić information content (AvgIpc) is 2.46. The smallest absolute Gasteiger partial charge is 0.242 e. The molecule has 1 aromatic carbocycles. The molecule has 2 aromatic rings. The van der Waals surface area contributed by atoms with E-state index in [2.05, 4.69) is 14.9 Å². The van der Waals surface area contributed by atoms with E-state index in [1.165, 1.54) is 18.3 Å². The van der Waals surface area contributed by atoms with Crippen molar-refractivity contribution in [1.29, 1.82) is 0 Å². The summed E-state index contributed by atoms with van der Waals surface area (Å²) in [5.74, 6) is 0. The molecule has 6 nitrogen and oxygen atoms in total. The maximum Gasteiger partial charge on any atom is 0.242 e. The fourth-order valence-electron chi connectivity index (χ4n) is 1.54. The minimum absolute atomic E-state index is 0.00377. The molecule has 2 rings (SSSR count). The number of thiocarbonyl (C=S) groups is 1. The number of hydrogen-bond donors (Lipinski definition) is 2. The Morgan fingerprint density at radius 2 is 2.14 bits per heavy atom. The number of hydrogen-bond acceptors (Lipinski definition) is 5. The largest absolute Gasteiger partial charge is 0.389 e. The van der Waals surface area contributed by atoms with E-state index in [0.29, 0.717) is 11.3 Å². The molecule has 0 bridgehead atoms. The molecular weight excluding hydrogens is 332 g/mol. The first-order valence-corrected chi connectivity index (χ1v) is 8.03. The third-order valence-corrected chi connectivity index (χ3v) is 4.69. The van der Waals surface area contributed by atoms with E-state index in [0.717, 1.165) is 0 Å². The highest BCUT2D eigenvalue weighted by Crippen LogP contribution is 2.22. The molecule has 0 amide bonds. The Morgan fingerprint density at radius 3 is 2.76 bits per heavy atom. The highest BCUT2D eigenvalue weighted by molar-refractivity contribution is 7.89. The van der Waals surface area contributed by atoms with Crippen LogP contribution >= 0.6 is 23.8 Å². The van der Waals surface area contributed by atoms with Crippen LogP contribution in [0.5, 0.6) is 0 Å². The van der Waals surface area contributed by atoms with Gasteiger partial charge in [-0.3, -0.25) is 0 Å². The summed E-state index contributed by atoms with van der Waals surface area (Å²) in [7, 11) is -3.81. The molecule has 3 N–H and O–H groups in total. The molecule has 0 fully saturated rings. The number of nitrogens with one attached hydrogen (secondary N) is 1. The second-order valence-corrected chi connectivity index (χ2v) is 6.63. The van der Waals surface area contributed by atoms with Gasteiger partial charge in [-0.25, -0.2) is 13.1 Å². The van der Waals surface area contributed by atoms with Crippen LogP contribution in [0, 0.1) is 0 Å². The van der Waals surface area contributed by atoms with Gasteiger partial charge in [0.2, 0.25) is 10.0 Å². The maximum absolute atomic E-state index is 12.3. The van der Waals surface area contributed by atoms with Gasteiger partial charge in [-0.15, -0.1) is 0 Å². The van der Waals surface area contributed by atoms with Crippen molar-refractivity contribution in [3.8, 4) is 0 Å². The first kappa shape index (κ1) is 15.8. The topological polar surface area (TPSA) is 98.0 Å². The van der Waals surface area contributed by atoms with Crippen LogP contribution in [0.15, 0.2) is 41.4 Å². The summed E-state index contributed by atoms with van der Waals surface area (Å²) in [4.78, 5) is 0.00963. The van der Waals surface area contributed by atoms with Crippen molar-refractivity contribution in [3.63, 3.8) is 0 Å². The molecule has 0 aliphatic rings. The number of nitrogens with zero attached hydrogens (tertiary/aromatic N) is 2. The first-order valence-electron chi connectivity index (χ1n) is 5.76. The van der Waals surface area contributed by atoms with E-state index >= 15 is 0 Å². The van der Waals surface area contributed by atoms with E-state index in [-0.39, 0.29) is 21.5 Å². The van der Waals surface area contributed by atoms with Crippen molar-refractivity contribution in [2.24, 2.45) is 5.73 Å². The van der Waals surface area contributed by atoms with Crippen LogP contribution in [0.1, 0.15) is 11.3 Å². The molecule has 0 saturated heterocycles. The summed E-state index contributed by atoms with van der Waals surface area (Å²) in [6.45, 7) is 0.00377. The number of rotatable bonds is 5. The molecule has 0 aliphatic heterocycles. The fraction of sp³-hybridized carbons (Fsp3) is 0.0833. The van der Waals surface area contributed by atoms with Crippen LogP contribution < -0.4 is 10.5 Å².